The van der Waals surface area contributed by atoms with Gasteiger partial charge in [-0.1, -0.05) is 0 Å². The van der Waals surface area contributed by atoms with E-state index in [1.807, 2.05) is 12.1 Å². The first-order chi connectivity index (χ1) is 10.6. The van der Waals surface area contributed by atoms with Crippen molar-refractivity contribution in [1.29, 1.82) is 0 Å². The van der Waals surface area contributed by atoms with E-state index in [1.165, 1.54) is 17.9 Å². The first kappa shape index (κ1) is 14.5. The van der Waals surface area contributed by atoms with Crippen molar-refractivity contribution in [2.24, 2.45) is 5.10 Å². The van der Waals surface area contributed by atoms with Crippen LogP contribution in [0.1, 0.15) is 25.7 Å². The SMILES string of the molecule is CN1N=C(C(=O)Nc2ccc(N3CCCC3)nc2)CCC1=O. The Hall–Kier alpha value is -2.44. The Morgan fingerprint density at radius 3 is 2.64 bits per heavy atom. The number of aromatic nitrogens is 1. The molecule has 0 bridgehead atoms. The van der Waals surface area contributed by atoms with Crippen LogP contribution < -0.4 is 10.2 Å². The van der Waals surface area contributed by atoms with E-state index in [4.69, 9.17) is 0 Å². The molecule has 7 nitrogen and oxygen atoms in total. The summed E-state index contributed by atoms with van der Waals surface area (Å²) in [4.78, 5) is 30.1. The molecule has 0 saturated carbocycles. The fourth-order valence-electron chi connectivity index (χ4n) is 2.63. The van der Waals surface area contributed by atoms with E-state index in [-0.39, 0.29) is 11.8 Å². The monoisotopic (exact) mass is 301 g/mol. The van der Waals surface area contributed by atoms with E-state index in [0.717, 1.165) is 18.9 Å². The number of nitrogens with one attached hydrogen (secondary N) is 1. The van der Waals surface area contributed by atoms with Crippen LogP contribution >= 0.6 is 0 Å². The van der Waals surface area contributed by atoms with Gasteiger partial charge >= 0.3 is 0 Å². The number of carbonyl (C=O) groups is 2. The zero-order valence-electron chi connectivity index (χ0n) is 12.6. The fourth-order valence-corrected chi connectivity index (χ4v) is 2.63. The van der Waals surface area contributed by atoms with Gasteiger partial charge in [0.05, 0.1) is 11.9 Å². The number of hydrogen-bond donors (Lipinski definition) is 1. The third-order valence-electron chi connectivity index (χ3n) is 3.91. The molecule has 2 aliphatic rings. The molecule has 0 atom stereocenters. The van der Waals surface area contributed by atoms with E-state index < -0.39 is 0 Å². The summed E-state index contributed by atoms with van der Waals surface area (Å²) in [5, 5.41) is 7.99. The highest BCUT2D eigenvalue weighted by molar-refractivity contribution is 6.43. The van der Waals surface area contributed by atoms with Crippen LogP contribution in [0.15, 0.2) is 23.4 Å². The van der Waals surface area contributed by atoms with Crippen LogP contribution in [0.25, 0.3) is 0 Å². The van der Waals surface area contributed by atoms with Crippen LogP contribution in [-0.2, 0) is 9.59 Å². The van der Waals surface area contributed by atoms with Crippen molar-refractivity contribution in [3.05, 3.63) is 18.3 Å². The van der Waals surface area contributed by atoms with Gasteiger partial charge in [0.15, 0.2) is 0 Å². The second-order valence-corrected chi connectivity index (χ2v) is 5.52. The van der Waals surface area contributed by atoms with Gasteiger partial charge in [-0.25, -0.2) is 9.99 Å². The van der Waals surface area contributed by atoms with E-state index in [0.29, 0.717) is 24.2 Å². The molecular weight excluding hydrogens is 282 g/mol. The lowest BCUT2D eigenvalue weighted by Gasteiger charge is -2.19. The topological polar surface area (TPSA) is 77.9 Å². The maximum atomic E-state index is 12.1. The summed E-state index contributed by atoms with van der Waals surface area (Å²) in [6.45, 7) is 2.08. The van der Waals surface area contributed by atoms with Crippen LogP contribution in [0.3, 0.4) is 0 Å². The maximum Gasteiger partial charge on any atom is 0.271 e. The quantitative estimate of drug-likeness (QED) is 0.911. The molecule has 1 N–H and O–H groups in total. The lowest BCUT2D eigenvalue weighted by atomic mass is 10.1. The van der Waals surface area contributed by atoms with E-state index >= 15 is 0 Å². The van der Waals surface area contributed by atoms with E-state index in [2.05, 4.69) is 20.3 Å². The van der Waals surface area contributed by atoms with Gasteiger partial charge in [0.1, 0.15) is 11.5 Å². The zero-order valence-corrected chi connectivity index (χ0v) is 12.6. The van der Waals surface area contributed by atoms with Crippen molar-refractivity contribution in [1.82, 2.24) is 9.99 Å². The summed E-state index contributed by atoms with van der Waals surface area (Å²) < 4.78 is 0. The van der Waals surface area contributed by atoms with Gasteiger partial charge in [-0.15, -0.1) is 0 Å². The average Bonchev–Trinajstić information content (AvgIpc) is 3.05. The highest BCUT2D eigenvalue weighted by Gasteiger charge is 2.22. The number of anilines is 2. The van der Waals surface area contributed by atoms with Gasteiger partial charge in [-0.2, -0.15) is 5.10 Å². The summed E-state index contributed by atoms with van der Waals surface area (Å²) in [6.07, 6.45) is 4.74. The molecule has 3 heterocycles. The maximum absolute atomic E-state index is 12.1. The van der Waals surface area contributed by atoms with Gasteiger partial charge < -0.3 is 10.2 Å². The van der Waals surface area contributed by atoms with Crippen LogP contribution in [0.5, 0.6) is 0 Å². The molecule has 2 aliphatic heterocycles. The molecule has 0 aromatic carbocycles. The predicted molar refractivity (Wildman–Crippen MR) is 83.8 cm³/mol. The molecule has 3 rings (SSSR count). The molecule has 0 radical (unpaired) electrons. The van der Waals surface area contributed by atoms with E-state index in [9.17, 15) is 9.59 Å². The minimum Gasteiger partial charge on any atom is -0.357 e. The molecule has 2 amide bonds. The van der Waals surface area contributed by atoms with Crippen molar-refractivity contribution in [3.8, 4) is 0 Å². The Labute approximate surface area is 129 Å². The number of nitrogens with zero attached hydrogens (tertiary/aromatic N) is 4. The standard InChI is InChI=1S/C15H19N5O2/c1-19-14(21)7-5-12(18-19)15(22)17-11-4-6-13(16-10-11)20-8-2-3-9-20/h4,6,10H,2-3,5,7-9H2,1H3,(H,17,22). The molecule has 1 saturated heterocycles. The highest BCUT2D eigenvalue weighted by Crippen LogP contribution is 2.19. The molecule has 1 aromatic heterocycles. The van der Waals surface area contributed by atoms with Crippen LogP contribution in [0.4, 0.5) is 11.5 Å². The van der Waals surface area contributed by atoms with Gasteiger partial charge in [0.2, 0.25) is 5.91 Å². The minimum absolute atomic E-state index is 0.0758. The van der Waals surface area contributed by atoms with Gasteiger partial charge in [-0.3, -0.25) is 9.59 Å². The predicted octanol–water partition coefficient (Wildman–Crippen LogP) is 1.23. The Bertz CT molecular complexity index is 605. The molecule has 22 heavy (non-hydrogen) atoms. The van der Waals surface area contributed by atoms with Gasteiger partial charge in [0, 0.05) is 33.0 Å². The largest absolute Gasteiger partial charge is 0.357 e. The average molecular weight is 301 g/mol. The smallest absolute Gasteiger partial charge is 0.271 e. The first-order valence-electron chi connectivity index (χ1n) is 7.50. The number of hydrogen-bond acceptors (Lipinski definition) is 5. The number of amides is 2. The van der Waals surface area contributed by atoms with E-state index in [1.54, 1.807) is 13.2 Å². The summed E-state index contributed by atoms with van der Waals surface area (Å²) in [6, 6.07) is 3.76. The fraction of sp³-hybridized carbons (Fsp3) is 0.467. The molecule has 1 fully saturated rings. The number of rotatable bonds is 3. The number of pyridine rings is 1. The lowest BCUT2D eigenvalue weighted by molar-refractivity contribution is -0.130. The minimum atomic E-state index is -0.282. The first-order valence-corrected chi connectivity index (χ1v) is 7.50. The van der Waals surface area contributed by atoms with Crippen LogP contribution in [0.2, 0.25) is 0 Å². The summed E-state index contributed by atoms with van der Waals surface area (Å²) >= 11 is 0. The molecule has 7 heteroatoms. The van der Waals surface area contributed by atoms with Crippen molar-refractivity contribution >= 4 is 29.0 Å². The summed E-state index contributed by atoms with van der Waals surface area (Å²) in [5.41, 5.74) is 1.00. The van der Waals surface area contributed by atoms with Crippen molar-refractivity contribution in [2.45, 2.75) is 25.7 Å². The highest BCUT2D eigenvalue weighted by atomic mass is 16.2. The second-order valence-electron chi connectivity index (χ2n) is 5.52. The molecular formula is C15H19N5O2. The summed E-state index contributed by atoms with van der Waals surface area (Å²) in [7, 11) is 1.56. The Morgan fingerprint density at radius 2 is 2.00 bits per heavy atom. The Balaban J connectivity index is 1.64. The van der Waals surface area contributed by atoms with Crippen molar-refractivity contribution < 1.29 is 9.59 Å². The molecule has 0 unspecified atom stereocenters. The molecule has 0 spiro atoms. The third kappa shape index (κ3) is 3.08. The third-order valence-corrected chi connectivity index (χ3v) is 3.91. The number of carbonyl (C=O) groups excluding carboxylic acids is 2. The normalized spacial score (nSPS) is 18.4. The van der Waals surface area contributed by atoms with Crippen LogP contribution in [0, 0.1) is 0 Å². The van der Waals surface area contributed by atoms with Crippen LogP contribution in [-0.4, -0.2) is 47.7 Å². The zero-order chi connectivity index (χ0) is 15.5. The number of hydrazone groups is 1. The second kappa shape index (κ2) is 6.13. The Kier molecular flexibility index (Phi) is 4.04. The Morgan fingerprint density at radius 1 is 1.23 bits per heavy atom. The van der Waals surface area contributed by atoms with Crippen molar-refractivity contribution in [3.63, 3.8) is 0 Å². The molecule has 1 aromatic rings. The molecule has 0 aliphatic carbocycles. The summed E-state index contributed by atoms with van der Waals surface area (Å²) in [5.74, 6) is 0.582. The van der Waals surface area contributed by atoms with Gasteiger partial charge in [0.25, 0.3) is 5.91 Å². The van der Waals surface area contributed by atoms with Gasteiger partial charge in [-0.05, 0) is 25.0 Å². The molecule has 116 valence electrons. The van der Waals surface area contributed by atoms with Crippen molar-refractivity contribution in [2.75, 3.05) is 30.4 Å². The lowest BCUT2D eigenvalue weighted by Crippen LogP contribution is -2.34.